The molecule has 1 fully saturated rings. The summed E-state index contributed by atoms with van der Waals surface area (Å²) >= 11 is 0. The molecule has 2 N–H and O–H groups in total. The number of nitrogens with zero attached hydrogens (tertiary/aromatic N) is 1. The summed E-state index contributed by atoms with van der Waals surface area (Å²) in [6.07, 6.45) is 0.566. The Morgan fingerprint density at radius 2 is 2.18 bits per heavy atom. The van der Waals surface area contributed by atoms with Crippen LogP contribution in [0.1, 0.15) is 6.42 Å². The van der Waals surface area contributed by atoms with Crippen molar-refractivity contribution in [1.82, 2.24) is 0 Å². The number of hydrogen-bond acceptors (Lipinski definition) is 4. The Morgan fingerprint density at radius 1 is 1.47 bits per heavy atom. The Balaban J connectivity index is 2.42. The first-order valence-corrected chi connectivity index (χ1v) is 6.96. The molecule has 6 heteroatoms. The van der Waals surface area contributed by atoms with Crippen molar-refractivity contribution in [2.24, 2.45) is 5.73 Å². The fourth-order valence-electron chi connectivity index (χ4n) is 2.05. The number of anilines is 1. The molecule has 1 heterocycles. The molecule has 1 aliphatic heterocycles. The molecule has 0 radical (unpaired) electrons. The van der Waals surface area contributed by atoms with E-state index in [1.54, 1.807) is 18.2 Å². The number of methoxy groups -OCH3 is 1. The van der Waals surface area contributed by atoms with Gasteiger partial charge in [0, 0.05) is 13.1 Å². The fraction of sp³-hybridized carbons (Fsp3) is 0.455. The summed E-state index contributed by atoms with van der Waals surface area (Å²) in [5, 5.41) is -0.479. The van der Waals surface area contributed by atoms with E-state index < -0.39 is 15.3 Å². The van der Waals surface area contributed by atoms with Gasteiger partial charge in [0.25, 0.3) is 0 Å². The van der Waals surface area contributed by atoms with Crippen molar-refractivity contribution in [2.45, 2.75) is 11.7 Å². The standard InChI is InChI=1S/C11H16N2O3S/c1-16-11-5-3-2-4-10(11)13-7-6-9(8-12)17(13,14)15/h2-5,9H,6-8,12H2,1H3/t9-/m1/s1. The molecule has 0 aromatic heterocycles. The largest absolute Gasteiger partial charge is 0.495 e. The minimum Gasteiger partial charge on any atom is -0.495 e. The van der Waals surface area contributed by atoms with Gasteiger partial charge < -0.3 is 10.5 Å². The first-order valence-electron chi connectivity index (χ1n) is 5.46. The third-order valence-electron chi connectivity index (χ3n) is 3.00. The summed E-state index contributed by atoms with van der Waals surface area (Å²) in [5.74, 6) is 0.564. The van der Waals surface area contributed by atoms with Crippen molar-refractivity contribution < 1.29 is 13.2 Å². The third-order valence-corrected chi connectivity index (χ3v) is 5.26. The second-order valence-electron chi connectivity index (χ2n) is 3.94. The molecular weight excluding hydrogens is 240 g/mol. The smallest absolute Gasteiger partial charge is 0.239 e. The van der Waals surface area contributed by atoms with Crippen LogP contribution in [0.2, 0.25) is 0 Å². The molecule has 1 aromatic carbocycles. The van der Waals surface area contributed by atoms with E-state index in [0.717, 1.165) is 0 Å². The lowest BCUT2D eigenvalue weighted by atomic mass is 10.2. The van der Waals surface area contributed by atoms with Crippen molar-refractivity contribution in [1.29, 1.82) is 0 Å². The third kappa shape index (κ3) is 1.98. The molecule has 2 rings (SSSR count). The summed E-state index contributed by atoms with van der Waals surface area (Å²) in [4.78, 5) is 0. The summed E-state index contributed by atoms with van der Waals surface area (Å²) in [6.45, 7) is 0.624. The molecule has 0 spiro atoms. The summed E-state index contributed by atoms with van der Waals surface area (Å²) in [7, 11) is -1.81. The van der Waals surface area contributed by atoms with Crippen LogP contribution in [0.5, 0.6) is 5.75 Å². The van der Waals surface area contributed by atoms with Crippen LogP contribution in [0.25, 0.3) is 0 Å². The summed E-state index contributed by atoms with van der Waals surface area (Å²) in [5.41, 5.74) is 6.07. The lowest BCUT2D eigenvalue weighted by molar-refractivity contribution is 0.415. The average molecular weight is 256 g/mol. The van der Waals surface area contributed by atoms with Crippen molar-refractivity contribution in [2.75, 3.05) is 24.5 Å². The molecule has 0 amide bonds. The Labute approximate surface area is 101 Å². The molecule has 17 heavy (non-hydrogen) atoms. The minimum absolute atomic E-state index is 0.161. The highest BCUT2D eigenvalue weighted by Gasteiger charge is 2.38. The van der Waals surface area contributed by atoms with E-state index in [0.29, 0.717) is 24.4 Å². The van der Waals surface area contributed by atoms with Crippen LogP contribution < -0.4 is 14.8 Å². The van der Waals surface area contributed by atoms with Crippen molar-refractivity contribution in [3.05, 3.63) is 24.3 Å². The van der Waals surface area contributed by atoms with Crippen LogP contribution in [0.3, 0.4) is 0 Å². The number of para-hydroxylation sites is 2. The van der Waals surface area contributed by atoms with Gasteiger partial charge in [-0.1, -0.05) is 12.1 Å². The van der Waals surface area contributed by atoms with Gasteiger partial charge in [-0.25, -0.2) is 8.42 Å². The van der Waals surface area contributed by atoms with Gasteiger partial charge in [-0.3, -0.25) is 4.31 Å². The average Bonchev–Trinajstić information content (AvgIpc) is 2.63. The fourth-order valence-corrected chi connectivity index (χ4v) is 3.84. The quantitative estimate of drug-likeness (QED) is 0.857. The maximum absolute atomic E-state index is 12.2. The maximum atomic E-state index is 12.2. The van der Waals surface area contributed by atoms with Crippen LogP contribution in [-0.4, -0.2) is 33.9 Å². The van der Waals surface area contributed by atoms with Crippen LogP contribution >= 0.6 is 0 Å². The molecule has 94 valence electrons. The van der Waals surface area contributed by atoms with E-state index >= 15 is 0 Å². The molecule has 1 saturated heterocycles. The normalized spacial score (nSPS) is 22.7. The first-order chi connectivity index (χ1) is 8.11. The number of ether oxygens (including phenoxy) is 1. The Morgan fingerprint density at radius 3 is 2.76 bits per heavy atom. The molecule has 1 aromatic rings. The lowest BCUT2D eigenvalue weighted by Crippen LogP contribution is -2.33. The zero-order chi connectivity index (χ0) is 12.5. The van der Waals surface area contributed by atoms with Gasteiger partial charge in [-0.05, 0) is 18.6 Å². The lowest BCUT2D eigenvalue weighted by Gasteiger charge is -2.20. The monoisotopic (exact) mass is 256 g/mol. The van der Waals surface area contributed by atoms with Crippen LogP contribution in [-0.2, 0) is 10.0 Å². The Hall–Kier alpha value is -1.27. The first kappa shape index (κ1) is 12.2. The van der Waals surface area contributed by atoms with E-state index in [2.05, 4.69) is 0 Å². The highest BCUT2D eigenvalue weighted by Crippen LogP contribution is 2.34. The van der Waals surface area contributed by atoms with Crippen molar-refractivity contribution in [3.8, 4) is 5.75 Å². The number of benzene rings is 1. The number of rotatable bonds is 3. The van der Waals surface area contributed by atoms with Gasteiger partial charge in [-0.15, -0.1) is 0 Å². The summed E-state index contributed by atoms with van der Waals surface area (Å²) in [6, 6.07) is 7.10. The number of hydrogen-bond donors (Lipinski definition) is 1. The number of nitrogens with two attached hydrogens (primary N) is 1. The SMILES string of the molecule is COc1ccccc1N1CC[C@H](CN)S1(=O)=O. The highest BCUT2D eigenvalue weighted by molar-refractivity contribution is 7.93. The van der Waals surface area contributed by atoms with E-state index in [9.17, 15) is 8.42 Å². The molecule has 0 saturated carbocycles. The van der Waals surface area contributed by atoms with Crippen molar-refractivity contribution in [3.63, 3.8) is 0 Å². The molecule has 5 nitrogen and oxygen atoms in total. The highest BCUT2D eigenvalue weighted by atomic mass is 32.2. The van der Waals surface area contributed by atoms with Gasteiger partial charge in [0.2, 0.25) is 10.0 Å². The molecular formula is C11H16N2O3S. The Bertz CT molecular complexity index is 501. The molecule has 0 unspecified atom stereocenters. The van der Waals surface area contributed by atoms with E-state index in [-0.39, 0.29) is 6.54 Å². The predicted molar refractivity (Wildman–Crippen MR) is 66.7 cm³/mol. The Kier molecular flexibility index (Phi) is 3.26. The zero-order valence-corrected chi connectivity index (χ0v) is 10.5. The van der Waals surface area contributed by atoms with Gasteiger partial charge in [0.15, 0.2) is 0 Å². The van der Waals surface area contributed by atoms with Gasteiger partial charge in [0.05, 0.1) is 18.0 Å². The van der Waals surface area contributed by atoms with Crippen LogP contribution in [0.15, 0.2) is 24.3 Å². The second kappa shape index (κ2) is 4.54. The zero-order valence-electron chi connectivity index (χ0n) is 9.67. The molecule has 0 bridgehead atoms. The van der Waals surface area contributed by atoms with Crippen LogP contribution in [0.4, 0.5) is 5.69 Å². The minimum atomic E-state index is -3.34. The summed E-state index contributed by atoms with van der Waals surface area (Å²) < 4.78 is 30.9. The van der Waals surface area contributed by atoms with Crippen LogP contribution in [0, 0.1) is 0 Å². The van der Waals surface area contributed by atoms with Gasteiger partial charge in [0.1, 0.15) is 5.75 Å². The number of sulfonamides is 1. The molecule has 0 aliphatic carbocycles. The van der Waals surface area contributed by atoms with E-state index in [4.69, 9.17) is 10.5 Å². The predicted octanol–water partition coefficient (Wildman–Crippen LogP) is 0.562. The van der Waals surface area contributed by atoms with E-state index in [1.165, 1.54) is 11.4 Å². The molecule has 1 atom stereocenters. The van der Waals surface area contributed by atoms with Gasteiger partial charge in [-0.2, -0.15) is 0 Å². The van der Waals surface area contributed by atoms with Crippen molar-refractivity contribution >= 4 is 15.7 Å². The van der Waals surface area contributed by atoms with E-state index in [1.807, 2.05) is 6.07 Å². The van der Waals surface area contributed by atoms with Gasteiger partial charge >= 0.3 is 0 Å². The second-order valence-corrected chi connectivity index (χ2v) is 6.07. The molecule has 1 aliphatic rings. The topological polar surface area (TPSA) is 72.6 Å². The maximum Gasteiger partial charge on any atom is 0.239 e.